The minimum absolute atomic E-state index is 0.00891. The molecule has 0 aliphatic rings. The lowest BCUT2D eigenvalue weighted by Gasteiger charge is -2.25. The first kappa shape index (κ1) is 15.4. The van der Waals surface area contributed by atoms with Crippen molar-refractivity contribution in [2.75, 3.05) is 13.7 Å². The van der Waals surface area contributed by atoms with Crippen LogP contribution in [0, 0.1) is 13.8 Å². The molecule has 0 amide bonds. The first-order chi connectivity index (χ1) is 8.86. The van der Waals surface area contributed by atoms with Crippen LogP contribution in [0.1, 0.15) is 30.7 Å². The third kappa shape index (κ3) is 3.92. The molecule has 0 aromatic carbocycles. The summed E-state index contributed by atoms with van der Waals surface area (Å²) in [5, 5.41) is 8.94. The number of ether oxygens (including phenoxy) is 1. The number of aliphatic carboxylic acids is 1. The van der Waals surface area contributed by atoms with Gasteiger partial charge in [0.2, 0.25) is 0 Å². The first-order valence-corrected chi connectivity index (χ1v) is 6.31. The molecule has 0 saturated carbocycles. The van der Waals surface area contributed by atoms with Crippen LogP contribution in [0.4, 0.5) is 0 Å². The third-order valence-corrected chi connectivity index (χ3v) is 3.17. The van der Waals surface area contributed by atoms with E-state index < -0.39 is 5.97 Å². The van der Waals surface area contributed by atoms with E-state index in [2.05, 4.69) is 4.98 Å². The standard InChI is InChI=1S/C14H22N2O3/c1-9(2)16(8-13(17)18)7-12-11(4)14(19-5)10(3)6-15-12/h6,9H,7-8H2,1-5H3,(H,17,18). The molecule has 5 heteroatoms. The number of aryl methyl sites for hydroxylation is 1. The van der Waals surface area contributed by atoms with Crippen LogP contribution in [-0.2, 0) is 11.3 Å². The molecule has 1 aromatic rings. The summed E-state index contributed by atoms with van der Waals surface area (Å²) in [4.78, 5) is 17.1. The van der Waals surface area contributed by atoms with Gasteiger partial charge in [0.1, 0.15) is 5.75 Å². The number of nitrogens with zero attached hydrogens (tertiary/aromatic N) is 2. The van der Waals surface area contributed by atoms with E-state index in [1.165, 1.54) is 0 Å². The van der Waals surface area contributed by atoms with Crippen molar-refractivity contribution in [3.8, 4) is 5.75 Å². The summed E-state index contributed by atoms with van der Waals surface area (Å²) in [5.41, 5.74) is 2.81. The number of pyridine rings is 1. The molecule has 1 aromatic heterocycles. The Morgan fingerprint density at radius 2 is 2.11 bits per heavy atom. The summed E-state index contributed by atoms with van der Waals surface area (Å²) in [6.45, 7) is 8.36. The van der Waals surface area contributed by atoms with E-state index in [1.54, 1.807) is 13.3 Å². The summed E-state index contributed by atoms with van der Waals surface area (Å²) < 4.78 is 5.36. The Hall–Kier alpha value is -1.62. The van der Waals surface area contributed by atoms with Gasteiger partial charge in [-0.05, 0) is 27.7 Å². The zero-order valence-electron chi connectivity index (χ0n) is 12.2. The van der Waals surface area contributed by atoms with Gasteiger partial charge < -0.3 is 9.84 Å². The lowest BCUT2D eigenvalue weighted by atomic mass is 10.1. The number of aromatic nitrogens is 1. The molecular formula is C14H22N2O3. The van der Waals surface area contributed by atoms with Gasteiger partial charge in [-0.25, -0.2) is 0 Å². The molecule has 106 valence electrons. The molecule has 0 spiro atoms. The Labute approximate surface area is 114 Å². The maximum atomic E-state index is 10.9. The summed E-state index contributed by atoms with van der Waals surface area (Å²) in [5.74, 6) is -0.00513. The summed E-state index contributed by atoms with van der Waals surface area (Å²) in [6.07, 6.45) is 1.76. The molecule has 0 fully saturated rings. The van der Waals surface area contributed by atoms with Crippen LogP contribution in [0.25, 0.3) is 0 Å². The van der Waals surface area contributed by atoms with Gasteiger partial charge in [0, 0.05) is 29.9 Å². The predicted molar refractivity (Wildman–Crippen MR) is 73.4 cm³/mol. The Morgan fingerprint density at radius 1 is 1.47 bits per heavy atom. The average molecular weight is 266 g/mol. The number of hydrogen-bond acceptors (Lipinski definition) is 4. The average Bonchev–Trinajstić information content (AvgIpc) is 2.31. The van der Waals surface area contributed by atoms with Crippen LogP contribution in [0.5, 0.6) is 5.75 Å². The second kappa shape index (κ2) is 6.52. The molecule has 1 rings (SSSR count). The molecule has 0 atom stereocenters. The topological polar surface area (TPSA) is 62.7 Å². The smallest absolute Gasteiger partial charge is 0.317 e. The van der Waals surface area contributed by atoms with Crippen molar-refractivity contribution in [3.05, 3.63) is 23.0 Å². The first-order valence-electron chi connectivity index (χ1n) is 6.31. The van der Waals surface area contributed by atoms with Gasteiger partial charge >= 0.3 is 5.97 Å². The van der Waals surface area contributed by atoms with Crippen molar-refractivity contribution in [2.24, 2.45) is 0 Å². The third-order valence-electron chi connectivity index (χ3n) is 3.17. The van der Waals surface area contributed by atoms with Gasteiger partial charge in [-0.1, -0.05) is 0 Å². The molecule has 19 heavy (non-hydrogen) atoms. The summed E-state index contributed by atoms with van der Waals surface area (Å²) in [6, 6.07) is 0.143. The van der Waals surface area contributed by atoms with E-state index in [1.807, 2.05) is 32.6 Å². The maximum Gasteiger partial charge on any atom is 0.317 e. The Bertz CT molecular complexity index is 458. The number of carboxylic acid groups (broad SMARTS) is 1. The van der Waals surface area contributed by atoms with E-state index >= 15 is 0 Å². The fourth-order valence-corrected chi connectivity index (χ4v) is 2.02. The Kier molecular flexibility index (Phi) is 5.30. The lowest BCUT2D eigenvalue weighted by Crippen LogP contribution is -2.35. The molecule has 0 bridgehead atoms. The van der Waals surface area contributed by atoms with Crippen LogP contribution >= 0.6 is 0 Å². The fraction of sp³-hybridized carbons (Fsp3) is 0.571. The van der Waals surface area contributed by atoms with Gasteiger partial charge in [0.25, 0.3) is 0 Å². The highest BCUT2D eigenvalue weighted by Crippen LogP contribution is 2.25. The van der Waals surface area contributed by atoms with E-state index in [0.717, 1.165) is 22.6 Å². The van der Waals surface area contributed by atoms with Gasteiger partial charge in [-0.15, -0.1) is 0 Å². The second-order valence-corrected chi connectivity index (χ2v) is 4.94. The normalized spacial score (nSPS) is 11.1. The van der Waals surface area contributed by atoms with Crippen LogP contribution in [-0.4, -0.2) is 40.7 Å². The highest BCUT2D eigenvalue weighted by Gasteiger charge is 2.17. The number of hydrogen-bond donors (Lipinski definition) is 1. The molecule has 0 unspecified atom stereocenters. The van der Waals surface area contributed by atoms with Crippen LogP contribution in [0.15, 0.2) is 6.20 Å². The maximum absolute atomic E-state index is 10.9. The summed E-state index contributed by atoms with van der Waals surface area (Å²) >= 11 is 0. The fourth-order valence-electron chi connectivity index (χ4n) is 2.02. The largest absolute Gasteiger partial charge is 0.496 e. The molecule has 0 radical (unpaired) electrons. The van der Waals surface area contributed by atoms with Crippen molar-refractivity contribution in [3.63, 3.8) is 0 Å². The van der Waals surface area contributed by atoms with E-state index in [-0.39, 0.29) is 12.6 Å². The molecule has 0 aliphatic heterocycles. The van der Waals surface area contributed by atoms with Crippen LogP contribution in [0.2, 0.25) is 0 Å². The van der Waals surface area contributed by atoms with Gasteiger partial charge in [-0.3, -0.25) is 14.7 Å². The van der Waals surface area contributed by atoms with Crippen molar-refractivity contribution < 1.29 is 14.6 Å². The van der Waals surface area contributed by atoms with Gasteiger partial charge in [-0.2, -0.15) is 0 Å². The van der Waals surface area contributed by atoms with Crippen molar-refractivity contribution >= 4 is 5.97 Å². The minimum atomic E-state index is -0.828. The van der Waals surface area contributed by atoms with Crippen LogP contribution in [0.3, 0.4) is 0 Å². The van der Waals surface area contributed by atoms with E-state index in [0.29, 0.717) is 6.54 Å². The molecule has 5 nitrogen and oxygen atoms in total. The Morgan fingerprint density at radius 3 is 2.58 bits per heavy atom. The molecular weight excluding hydrogens is 244 g/mol. The molecule has 0 aliphatic carbocycles. The predicted octanol–water partition coefficient (Wildman–Crippen LogP) is 2.00. The number of carboxylic acids is 1. The zero-order chi connectivity index (χ0) is 14.6. The molecule has 0 saturated heterocycles. The number of rotatable bonds is 6. The van der Waals surface area contributed by atoms with Crippen LogP contribution < -0.4 is 4.74 Å². The Balaban J connectivity index is 3.00. The molecule has 1 N–H and O–H groups in total. The minimum Gasteiger partial charge on any atom is -0.496 e. The number of carbonyl (C=O) groups is 1. The number of methoxy groups -OCH3 is 1. The highest BCUT2D eigenvalue weighted by atomic mass is 16.5. The second-order valence-electron chi connectivity index (χ2n) is 4.94. The SMILES string of the molecule is COc1c(C)cnc(CN(CC(=O)O)C(C)C)c1C. The summed E-state index contributed by atoms with van der Waals surface area (Å²) in [7, 11) is 1.64. The highest BCUT2D eigenvalue weighted by molar-refractivity contribution is 5.69. The lowest BCUT2D eigenvalue weighted by molar-refractivity contribution is -0.139. The van der Waals surface area contributed by atoms with Gasteiger partial charge in [0.15, 0.2) is 0 Å². The van der Waals surface area contributed by atoms with Crippen molar-refractivity contribution in [2.45, 2.75) is 40.3 Å². The van der Waals surface area contributed by atoms with E-state index in [9.17, 15) is 4.79 Å². The van der Waals surface area contributed by atoms with Crippen molar-refractivity contribution in [1.29, 1.82) is 0 Å². The van der Waals surface area contributed by atoms with E-state index in [4.69, 9.17) is 9.84 Å². The monoisotopic (exact) mass is 266 g/mol. The van der Waals surface area contributed by atoms with Crippen molar-refractivity contribution in [1.82, 2.24) is 9.88 Å². The van der Waals surface area contributed by atoms with Gasteiger partial charge in [0.05, 0.1) is 19.3 Å². The zero-order valence-corrected chi connectivity index (χ0v) is 12.2. The quantitative estimate of drug-likeness (QED) is 0.853. The molecule has 1 heterocycles.